The standard InChI is InChI=1S/C21H24N4O5/c1-11-15(18-23-20(24-30-18)21(3,4)5)17(16(12(2)22-11)19(26)29-6)13-8-7-9-14(10-13)25(27)28/h7-10,17,22H,1-6H3. The summed E-state index contributed by atoms with van der Waals surface area (Å²) in [7, 11) is 1.29. The summed E-state index contributed by atoms with van der Waals surface area (Å²) in [6.07, 6.45) is 0. The molecule has 9 nitrogen and oxygen atoms in total. The third kappa shape index (κ3) is 3.83. The van der Waals surface area contributed by atoms with E-state index in [9.17, 15) is 14.9 Å². The van der Waals surface area contributed by atoms with Gasteiger partial charge in [0.2, 0.25) is 0 Å². The van der Waals surface area contributed by atoms with Gasteiger partial charge in [-0.25, -0.2) is 4.79 Å². The van der Waals surface area contributed by atoms with Crippen molar-refractivity contribution in [1.29, 1.82) is 0 Å². The molecule has 0 aliphatic carbocycles. The van der Waals surface area contributed by atoms with Crippen molar-refractivity contribution >= 4 is 17.2 Å². The van der Waals surface area contributed by atoms with Gasteiger partial charge in [0.25, 0.3) is 11.6 Å². The maximum absolute atomic E-state index is 12.7. The molecular formula is C21H24N4O5. The number of non-ortho nitro benzene ring substituents is 1. The number of carbonyl (C=O) groups excluding carboxylic acids is 1. The molecule has 158 valence electrons. The summed E-state index contributed by atoms with van der Waals surface area (Å²) in [5.74, 6) is -0.458. The van der Waals surface area contributed by atoms with Crippen molar-refractivity contribution in [3.63, 3.8) is 0 Å². The van der Waals surface area contributed by atoms with Gasteiger partial charge < -0.3 is 14.6 Å². The zero-order chi connectivity index (χ0) is 22.2. The van der Waals surface area contributed by atoms with Gasteiger partial charge in [0.1, 0.15) is 0 Å². The molecule has 0 bridgehead atoms. The molecule has 1 aliphatic rings. The van der Waals surface area contributed by atoms with Crippen LogP contribution in [0.15, 0.2) is 45.8 Å². The van der Waals surface area contributed by atoms with Crippen molar-refractivity contribution in [2.24, 2.45) is 0 Å². The van der Waals surface area contributed by atoms with E-state index >= 15 is 0 Å². The summed E-state index contributed by atoms with van der Waals surface area (Å²) in [6.45, 7) is 9.47. The number of ether oxygens (including phenoxy) is 1. The van der Waals surface area contributed by atoms with Crippen LogP contribution >= 0.6 is 0 Å². The maximum atomic E-state index is 12.7. The molecular weight excluding hydrogens is 388 g/mol. The Morgan fingerprint density at radius 2 is 1.97 bits per heavy atom. The van der Waals surface area contributed by atoms with E-state index in [-0.39, 0.29) is 17.0 Å². The lowest BCUT2D eigenvalue weighted by molar-refractivity contribution is -0.384. The average Bonchev–Trinajstić information content (AvgIpc) is 3.17. The van der Waals surface area contributed by atoms with E-state index in [0.29, 0.717) is 33.9 Å². The van der Waals surface area contributed by atoms with E-state index in [0.717, 1.165) is 0 Å². The first-order valence-corrected chi connectivity index (χ1v) is 9.40. The molecule has 0 saturated heterocycles. The van der Waals surface area contributed by atoms with Crippen molar-refractivity contribution in [3.05, 3.63) is 68.6 Å². The van der Waals surface area contributed by atoms with E-state index in [1.165, 1.54) is 19.2 Å². The van der Waals surface area contributed by atoms with Crippen LogP contribution in [0, 0.1) is 10.1 Å². The molecule has 2 heterocycles. The minimum Gasteiger partial charge on any atom is -0.466 e. The summed E-state index contributed by atoms with van der Waals surface area (Å²) < 4.78 is 10.6. The predicted octanol–water partition coefficient (Wildman–Crippen LogP) is 3.84. The van der Waals surface area contributed by atoms with Gasteiger partial charge in [-0.1, -0.05) is 38.1 Å². The number of aromatic nitrogens is 2. The highest BCUT2D eigenvalue weighted by Crippen LogP contribution is 2.44. The van der Waals surface area contributed by atoms with Crippen LogP contribution in [0.1, 0.15) is 57.8 Å². The number of rotatable bonds is 4. The van der Waals surface area contributed by atoms with E-state index in [1.807, 2.05) is 27.7 Å². The fourth-order valence-corrected chi connectivity index (χ4v) is 3.45. The zero-order valence-electron chi connectivity index (χ0n) is 17.8. The number of esters is 1. The molecule has 0 amide bonds. The molecule has 1 atom stereocenters. The van der Waals surface area contributed by atoms with Crippen molar-refractivity contribution in [3.8, 4) is 0 Å². The Balaban J connectivity index is 2.24. The smallest absolute Gasteiger partial charge is 0.336 e. The van der Waals surface area contributed by atoms with Crippen LogP contribution in [0.5, 0.6) is 0 Å². The van der Waals surface area contributed by atoms with Crippen molar-refractivity contribution in [2.75, 3.05) is 7.11 Å². The van der Waals surface area contributed by atoms with Crippen LogP contribution in [0.3, 0.4) is 0 Å². The Kier molecular flexibility index (Phi) is 5.47. The number of nitro benzene ring substituents is 1. The first-order valence-electron chi connectivity index (χ1n) is 9.40. The lowest BCUT2D eigenvalue weighted by Crippen LogP contribution is -2.28. The fraction of sp³-hybridized carbons (Fsp3) is 0.381. The van der Waals surface area contributed by atoms with Gasteiger partial charge in [-0.2, -0.15) is 4.98 Å². The minimum absolute atomic E-state index is 0.0779. The molecule has 0 saturated carbocycles. The van der Waals surface area contributed by atoms with E-state index in [4.69, 9.17) is 9.26 Å². The monoisotopic (exact) mass is 412 g/mol. The minimum atomic E-state index is -0.674. The Labute approximate surface area is 174 Å². The number of benzene rings is 1. The Hall–Kier alpha value is -3.49. The second kappa shape index (κ2) is 7.74. The molecule has 3 rings (SSSR count). The van der Waals surface area contributed by atoms with Crippen LogP contribution in [-0.4, -0.2) is 28.1 Å². The molecule has 1 N–H and O–H groups in total. The number of carbonyl (C=O) groups is 1. The average molecular weight is 412 g/mol. The lowest BCUT2D eigenvalue weighted by atomic mass is 9.80. The summed E-state index contributed by atoms with van der Waals surface area (Å²) in [5, 5.41) is 18.6. The SMILES string of the molecule is COC(=O)C1=C(C)NC(C)=C(c2nc(C(C)(C)C)no2)C1c1cccc([N+](=O)[O-])c1. The number of hydrogen-bond acceptors (Lipinski definition) is 8. The molecule has 2 aromatic rings. The summed E-state index contributed by atoms with van der Waals surface area (Å²) in [4.78, 5) is 28.1. The first-order chi connectivity index (χ1) is 14.0. The van der Waals surface area contributed by atoms with Gasteiger partial charge >= 0.3 is 5.97 Å². The highest BCUT2D eigenvalue weighted by Gasteiger charge is 2.38. The van der Waals surface area contributed by atoms with Crippen molar-refractivity contribution in [2.45, 2.75) is 46.0 Å². The number of methoxy groups -OCH3 is 1. The molecule has 9 heteroatoms. The molecule has 1 aromatic heterocycles. The van der Waals surface area contributed by atoms with Crippen molar-refractivity contribution < 1.29 is 19.0 Å². The van der Waals surface area contributed by atoms with Crippen LogP contribution in [0.25, 0.3) is 5.57 Å². The number of hydrogen-bond donors (Lipinski definition) is 1. The third-order valence-electron chi connectivity index (χ3n) is 4.91. The quantitative estimate of drug-likeness (QED) is 0.457. The van der Waals surface area contributed by atoms with Gasteiger partial charge in [0.15, 0.2) is 5.82 Å². The van der Waals surface area contributed by atoms with E-state index in [2.05, 4.69) is 15.5 Å². The van der Waals surface area contributed by atoms with E-state index in [1.54, 1.807) is 19.1 Å². The molecule has 0 spiro atoms. The zero-order valence-corrected chi connectivity index (χ0v) is 17.8. The third-order valence-corrected chi connectivity index (χ3v) is 4.91. The number of allylic oxidation sites excluding steroid dienone is 3. The number of nitro groups is 1. The maximum Gasteiger partial charge on any atom is 0.336 e. The number of dihydropyridines is 1. The predicted molar refractivity (Wildman–Crippen MR) is 109 cm³/mol. The van der Waals surface area contributed by atoms with Crippen LogP contribution in [-0.2, 0) is 14.9 Å². The van der Waals surface area contributed by atoms with Gasteiger partial charge in [-0.15, -0.1) is 0 Å². The van der Waals surface area contributed by atoms with Gasteiger partial charge in [-0.3, -0.25) is 10.1 Å². The number of nitrogens with one attached hydrogen (secondary N) is 1. The summed E-state index contributed by atoms with van der Waals surface area (Å²) in [6, 6.07) is 6.16. The van der Waals surface area contributed by atoms with Crippen LogP contribution < -0.4 is 5.32 Å². The molecule has 0 radical (unpaired) electrons. The fourth-order valence-electron chi connectivity index (χ4n) is 3.45. The molecule has 1 unspecified atom stereocenters. The molecule has 1 aromatic carbocycles. The normalized spacial score (nSPS) is 17.1. The molecule has 1 aliphatic heterocycles. The lowest BCUT2D eigenvalue weighted by Gasteiger charge is -2.29. The Morgan fingerprint density at radius 1 is 1.27 bits per heavy atom. The summed E-state index contributed by atoms with van der Waals surface area (Å²) >= 11 is 0. The number of nitrogens with zero attached hydrogens (tertiary/aromatic N) is 3. The van der Waals surface area contributed by atoms with Gasteiger partial charge in [-0.05, 0) is 19.4 Å². The van der Waals surface area contributed by atoms with Crippen LogP contribution in [0.2, 0.25) is 0 Å². The first kappa shape index (κ1) is 21.2. The van der Waals surface area contributed by atoms with Crippen molar-refractivity contribution in [1.82, 2.24) is 15.5 Å². The summed E-state index contributed by atoms with van der Waals surface area (Å²) in [5.41, 5.74) is 2.34. The molecule has 0 fully saturated rings. The second-order valence-electron chi connectivity index (χ2n) is 8.15. The highest BCUT2D eigenvalue weighted by atomic mass is 16.6. The van der Waals surface area contributed by atoms with Gasteiger partial charge in [0, 0.05) is 34.5 Å². The highest BCUT2D eigenvalue weighted by molar-refractivity contribution is 5.96. The van der Waals surface area contributed by atoms with E-state index < -0.39 is 16.8 Å². The van der Waals surface area contributed by atoms with Gasteiger partial charge in [0.05, 0.1) is 23.5 Å². The second-order valence-corrected chi connectivity index (χ2v) is 8.15. The Morgan fingerprint density at radius 3 is 2.53 bits per heavy atom. The largest absolute Gasteiger partial charge is 0.466 e. The van der Waals surface area contributed by atoms with Crippen LogP contribution in [0.4, 0.5) is 5.69 Å². The Bertz CT molecular complexity index is 1080. The topological polar surface area (TPSA) is 120 Å². The molecule has 30 heavy (non-hydrogen) atoms.